The van der Waals surface area contributed by atoms with Gasteiger partial charge in [0.15, 0.2) is 11.6 Å². The highest BCUT2D eigenvalue weighted by molar-refractivity contribution is 5.54. The van der Waals surface area contributed by atoms with E-state index in [1.165, 1.54) is 6.42 Å². The van der Waals surface area contributed by atoms with Gasteiger partial charge >= 0.3 is 0 Å². The first-order chi connectivity index (χ1) is 8.06. The topological polar surface area (TPSA) is 38.0 Å². The minimum Gasteiger partial charge on any atom is -0.399 e. The fourth-order valence-corrected chi connectivity index (χ4v) is 2.37. The molecule has 2 rings (SSSR count). The number of hydrogen-bond donors (Lipinski definition) is 2. The molecule has 17 heavy (non-hydrogen) atoms. The van der Waals surface area contributed by atoms with E-state index in [1.807, 2.05) is 0 Å². The molecule has 1 aliphatic rings. The molecule has 0 unspecified atom stereocenters. The van der Waals surface area contributed by atoms with Crippen molar-refractivity contribution in [3.63, 3.8) is 0 Å². The van der Waals surface area contributed by atoms with Crippen molar-refractivity contribution in [2.24, 2.45) is 5.41 Å². The van der Waals surface area contributed by atoms with E-state index in [4.69, 9.17) is 5.73 Å². The van der Waals surface area contributed by atoms with Crippen LogP contribution in [0.3, 0.4) is 0 Å². The zero-order valence-corrected chi connectivity index (χ0v) is 10.0. The first kappa shape index (κ1) is 12.1. The lowest BCUT2D eigenvalue weighted by atomic mass is 9.67. The standard InChI is InChI=1S/C13H18F2N2/c1-2-13(4-3-5-13)8-17-12-10(14)6-9(16)7-11(12)15/h6-7,17H,2-5,8,16H2,1H3. The van der Waals surface area contributed by atoms with E-state index in [9.17, 15) is 8.78 Å². The van der Waals surface area contributed by atoms with Crippen LogP contribution in [-0.2, 0) is 0 Å². The Labute approximate surface area is 100 Å². The van der Waals surface area contributed by atoms with E-state index in [1.54, 1.807) is 0 Å². The maximum absolute atomic E-state index is 13.5. The van der Waals surface area contributed by atoms with Crippen molar-refractivity contribution in [2.75, 3.05) is 17.6 Å². The molecule has 94 valence electrons. The summed E-state index contributed by atoms with van der Waals surface area (Å²) in [6, 6.07) is 2.29. The predicted molar refractivity (Wildman–Crippen MR) is 65.8 cm³/mol. The summed E-state index contributed by atoms with van der Waals surface area (Å²) in [4.78, 5) is 0. The molecule has 0 spiro atoms. The van der Waals surface area contributed by atoms with Crippen molar-refractivity contribution in [3.05, 3.63) is 23.8 Å². The number of anilines is 2. The molecule has 0 radical (unpaired) electrons. The SMILES string of the molecule is CCC1(CNc2c(F)cc(N)cc2F)CCC1. The highest BCUT2D eigenvalue weighted by atomic mass is 19.1. The number of nitrogens with two attached hydrogens (primary N) is 1. The molecular formula is C13H18F2N2. The molecule has 1 aromatic carbocycles. The van der Waals surface area contributed by atoms with E-state index < -0.39 is 11.6 Å². The molecule has 0 heterocycles. The predicted octanol–water partition coefficient (Wildman–Crippen LogP) is 3.54. The molecule has 0 atom stereocenters. The summed E-state index contributed by atoms with van der Waals surface area (Å²) >= 11 is 0. The van der Waals surface area contributed by atoms with Crippen molar-refractivity contribution in [3.8, 4) is 0 Å². The zero-order valence-electron chi connectivity index (χ0n) is 10.0. The number of rotatable bonds is 4. The van der Waals surface area contributed by atoms with Gasteiger partial charge in [0.2, 0.25) is 0 Å². The molecule has 0 bridgehead atoms. The minimum atomic E-state index is -0.618. The minimum absolute atomic E-state index is 0.0566. The first-order valence-electron chi connectivity index (χ1n) is 6.05. The average molecular weight is 240 g/mol. The maximum atomic E-state index is 13.5. The molecule has 1 aliphatic carbocycles. The number of nitrogen functional groups attached to an aromatic ring is 1. The van der Waals surface area contributed by atoms with E-state index in [2.05, 4.69) is 12.2 Å². The Morgan fingerprint density at radius 2 is 1.88 bits per heavy atom. The molecule has 1 fully saturated rings. The van der Waals surface area contributed by atoms with Crippen LogP contribution in [-0.4, -0.2) is 6.54 Å². The summed E-state index contributed by atoms with van der Waals surface area (Å²) in [6.45, 7) is 2.75. The highest BCUT2D eigenvalue weighted by Crippen LogP contribution is 2.43. The Bertz CT molecular complexity index is 385. The number of hydrogen-bond acceptors (Lipinski definition) is 2. The van der Waals surface area contributed by atoms with Gasteiger partial charge in [-0.3, -0.25) is 0 Å². The van der Waals surface area contributed by atoms with E-state index in [-0.39, 0.29) is 16.8 Å². The molecule has 4 heteroatoms. The highest BCUT2D eigenvalue weighted by Gasteiger charge is 2.35. The fourth-order valence-electron chi connectivity index (χ4n) is 2.37. The molecule has 0 amide bonds. The normalized spacial score (nSPS) is 17.6. The Kier molecular flexibility index (Phi) is 3.22. The third-order valence-electron chi connectivity index (χ3n) is 3.87. The summed E-state index contributed by atoms with van der Waals surface area (Å²) in [5.74, 6) is -1.24. The summed E-state index contributed by atoms with van der Waals surface area (Å²) < 4.78 is 27.1. The second-order valence-corrected chi connectivity index (χ2v) is 4.92. The van der Waals surface area contributed by atoms with Gasteiger partial charge in [0.05, 0.1) is 0 Å². The van der Waals surface area contributed by atoms with Crippen LogP contribution in [0.25, 0.3) is 0 Å². The third-order valence-corrected chi connectivity index (χ3v) is 3.87. The summed E-state index contributed by atoms with van der Waals surface area (Å²) in [5, 5.41) is 2.90. The Morgan fingerprint density at radius 1 is 1.29 bits per heavy atom. The Morgan fingerprint density at radius 3 is 2.29 bits per heavy atom. The summed E-state index contributed by atoms with van der Waals surface area (Å²) in [6.07, 6.45) is 4.52. The van der Waals surface area contributed by atoms with Gasteiger partial charge in [0.25, 0.3) is 0 Å². The van der Waals surface area contributed by atoms with Crippen molar-refractivity contribution in [1.82, 2.24) is 0 Å². The number of halogens is 2. The van der Waals surface area contributed by atoms with Gasteiger partial charge < -0.3 is 11.1 Å². The van der Waals surface area contributed by atoms with Crippen LogP contribution < -0.4 is 11.1 Å². The van der Waals surface area contributed by atoms with Gasteiger partial charge in [0.1, 0.15) is 5.69 Å². The van der Waals surface area contributed by atoms with Gasteiger partial charge in [-0.25, -0.2) is 8.78 Å². The molecule has 0 aliphatic heterocycles. The summed E-state index contributed by atoms with van der Waals surface area (Å²) in [5.41, 5.74) is 5.64. The van der Waals surface area contributed by atoms with Crippen LogP contribution in [0.4, 0.5) is 20.2 Å². The van der Waals surface area contributed by atoms with Gasteiger partial charge in [-0.05, 0) is 36.8 Å². The van der Waals surface area contributed by atoms with Crippen molar-refractivity contribution >= 4 is 11.4 Å². The van der Waals surface area contributed by atoms with Crippen LogP contribution in [0.15, 0.2) is 12.1 Å². The lowest BCUT2D eigenvalue weighted by molar-refractivity contribution is 0.144. The monoisotopic (exact) mass is 240 g/mol. The first-order valence-corrected chi connectivity index (χ1v) is 6.05. The third kappa shape index (κ3) is 2.35. The molecular weight excluding hydrogens is 222 g/mol. The largest absolute Gasteiger partial charge is 0.399 e. The quantitative estimate of drug-likeness (QED) is 0.790. The molecule has 0 aromatic heterocycles. The molecule has 1 saturated carbocycles. The average Bonchev–Trinajstić information content (AvgIpc) is 2.19. The molecule has 1 aromatic rings. The number of nitrogens with one attached hydrogen (secondary N) is 1. The maximum Gasteiger partial charge on any atom is 0.151 e. The van der Waals surface area contributed by atoms with Gasteiger partial charge in [-0.2, -0.15) is 0 Å². The fraction of sp³-hybridized carbons (Fsp3) is 0.538. The van der Waals surface area contributed by atoms with Gasteiger partial charge in [0, 0.05) is 12.2 Å². The van der Waals surface area contributed by atoms with Gasteiger partial charge in [-0.1, -0.05) is 13.3 Å². The van der Waals surface area contributed by atoms with Crippen molar-refractivity contribution < 1.29 is 8.78 Å². The summed E-state index contributed by atoms with van der Waals surface area (Å²) in [7, 11) is 0. The van der Waals surface area contributed by atoms with Crippen LogP contribution in [0, 0.1) is 17.0 Å². The van der Waals surface area contributed by atoms with Crippen molar-refractivity contribution in [2.45, 2.75) is 32.6 Å². The van der Waals surface area contributed by atoms with Crippen molar-refractivity contribution in [1.29, 1.82) is 0 Å². The van der Waals surface area contributed by atoms with Crippen LogP contribution in [0.1, 0.15) is 32.6 Å². The lowest BCUT2D eigenvalue weighted by Gasteiger charge is -2.41. The second kappa shape index (κ2) is 4.51. The molecule has 3 N–H and O–H groups in total. The second-order valence-electron chi connectivity index (χ2n) is 4.92. The van der Waals surface area contributed by atoms with Crippen LogP contribution >= 0.6 is 0 Å². The molecule has 0 saturated heterocycles. The lowest BCUT2D eigenvalue weighted by Crippen LogP contribution is -2.36. The van der Waals surface area contributed by atoms with E-state index in [0.717, 1.165) is 31.4 Å². The van der Waals surface area contributed by atoms with E-state index >= 15 is 0 Å². The van der Waals surface area contributed by atoms with E-state index in [0.29, 0.717) is 6.54 Å². The van der Waals surface area contributed by atoms with Crippen LogP contribution in [0.5, 0.6) is 0 Å². The Balaban J connectivity index is 2.09. The van der Waals surface area contributed by atoms with Crippen LogP contribution in [0.2, 0.25) is 0 Å². The molecule has 2 nitrogen and oxygen atoms in total. The smallest absolute Gasteiger partial charge is 0.151 e. The Hall–Kier alpha value is -1.32. The van der Waals surface area contributed by atoms with Gasteiger partial charge in [-0.15, -0.1) is 0 Å². The number of benzene rings is 1. The zero-order chi connectivity index (χ0) is 12.5.